The Morgan fingerprint density at radius 1 is 1.60 bits per heavy atom. The van der Waals surface area contributed by atoms with Gasteiger partial charge in [0.1, 0.15) is 0 Å². The molecule has 0 saturated carbocycles. The van der Waals surface area contributed by atoms with Gasteiger partial charge < -0.3 is 14.9 Å². The van der Waals surface area contributed by atoms with E-state index >= 15 is 0 Å². The summed E-state index contributed by atoms with van der Waals surface area (Å²) in [4.78, 5) is 0. The molecule has 1 unspecified atom stereocenters. The summed E-state index contributed by atoms with van der Waals surface area (Å²) in [6.07, 6.45) is 1.30. The largest absolute Gasteiger partial charge is 0.394 e. The first-order valence-corrected chi connectivity index (χ1v) is 3.45. The first-order chi connectivity index (χ1) is 4.62. The van der Waals surface area contributed by atoms with Crippen LogP contribution >= 0.6 is 0 Å². The summed E-state index contributed by atoms with van der Waals surface area (Å²) in [6, 6.07) is 0. The van der Waals surface area contributed by atoms with E-state index in [9.17, 15) is 5.11 Å². The van der Waals surface area contributed by atoms with Gasteiger partial charge in [-0.2, -0.15) is 0 Å². The van der Waals surface area contributed by atoms with Crippen LogP contribution < -0.4 is 0 Å². The molecule has 0 amide bonds. The third kappa shape index (κ3) is 4.73. The minimum absolute atomic E-state index is 0.0818. The zero-order valence-corrected chi connectivity index (χ0v) is 6.34. The van der Waals surface area contributed by atoms with Crippen molar-refractivity contribution in [2.24, 2.45) is 0 Å². The zero-order chi connectivity index (χ0) is 8.04. The first kappa shape index (κ1) is 9.88. The molecule has 0 spiro atoms. The van der Waals surface area contributed by atoms with E-state index in [2.05, 4.69) is 6.92 Å². The van der Waals surface area contributed by atoms with Crippen LogP contribution in [0.5, 0.6) is 0 Å². The number of hydrogen-bond acceptors (Lipinski definition) is 3. The number of rotatable bonds is 5. The molecule has 61 valence electrons. The van der Waals surface area contributed by atoms with Crippen LogP contribution in [0.3, 0.4) is 0 Å². The van der Waals surface area contributed by atoms with Crippen molar-refractivity contribution in [1.82, 2.24) is 0 Å². The van der Waals surface area contributed by atoms with E-state index in [4.69, 9.17) is 9.84 Å². The van der Waals surface area contributed by atoms with Gasteiger partial charge in [-0.1, -0.05) is 13.3 Å². The van der Waals surface area contributed by atoms with Gasteiger partial charge in [0.15, 0.2) is 5.79 Å². The lowest BCUT2D eigenvalue weighted by Crippen LogP contribution is -2.29. The minimum Gasteiger partial charge on any atom is -0.394 e. The maximum Gasteiger partial charge on any atom is 0.165 e. The Hall–Kier alpha value is -0.120. The first-order valence-electron chi connectivity index (χ1n) is 3.45. The smallest absolute Gasteiger partial charge is 0.165 e. The van der Waals surface area contributed by atoms with Gasteiger partial charge in [-0.25, -0.2) is 0 Å². The molecular formula is C7H15O3. The van der Waals surface area contributed by atoms with Gasteiger partial charge in [-0.15, -0.1) is 0 Å². The third-order valence-corrected chi connectivity index (χ3v) is 1.10. The molecule has 0 aliphatic rings. The SMILES string of the molecule is [CH2]C(O)(CCC)OCCO. The van der Waals surface area contributed by atoms with Gasteiger partial charge in [0.05, 0.1) is 13.2 Å². The van der Waals surface area contributed by atoms with Gasteiger partial charge >= 0.3 is 0 Å². The van der Waals surface area contributed by atoms with E-state index < -0.39 is 5.79 Å². The maximum absolute atomic E-state index is 9.20. The van der Waals surface area contributed by atoms with Crippen LogP contribution in [0.4, 0.5) is 0 Å². The molecular weight excluding hydrogens is 132 g/mol. The van der Waals surface area contributed by atoms with Crippen LogP contribution in [0, 0.1) is 6.92 Å². The Bertz CT molecular complexity index is 80.9. The molecule has 0 saturated heterocycles. The Kier molecular flexibility index (Phi) is 4.60. The Morgan fingerprint density at radius 3 is 2.60 bits per heavy atom. The molecule has 0 rings (SSSR count). The predicted octanol–water partition coefficient (Wildman–Crippen LogP) is 0.318. The van der Waals surface area contributed by atoms with Crippen molar-refractivity contribution in [3.8, 4) is 0 Å². The number of hydrogen-bond donors (Lipinski definition) is 2. The average Bonchev–Trinajstić information content (AvgIpc) is 1.84. The molecule has 0 aromatic heterocycles. The molecule has 0 aliphatic carbocycles. The lowest BCUT2D eigenvalue weighted by Gasteiger charge is -2.22. The van der Waals surface area contributed by atoms with Crippen LogP contribution in [-0.2, 0) is 4.74 Å². The number of aliphatic hydroxyl groups is 2. The van der Waals surface area contributed by atoms with Crippen molar-refractivity contribution in [3.63, 3.8) is 0 Å². The summed E-state index contributed by atoms with van der Waals surface area (Å²) in [5.74, 6) is -1.31. The lowest BCUT2D eigenvalue weighted by molar-refractivity contribution is -0.178. The van der Waals surface area contributed by atoms with Gasteiger partial charge in [0.2, 0.25) is 0 Å². The summed E-state index contributed by atoms with van der Waals surface area (Å²) in [7, 11) is 0. The molecule has 3 heteroatoms. The second-order valence-corrected chi connectivity index (χ2v) is 2.27. The van der Waals surface area contributed by atoms with Gasteiger partial charge in [-0.3, -0.25) is 0 Å². The second-order valence-electron chi connectivity index (χ2n) is 2.27. The van der Waals surface area contributed by atoms with E-state index in [-0.39, 0.29) is 13.2 Å². The predicted molar refractivity (Wildman–Crippen MR) is 38.3 cm³/mol. The van der Waals surface area contributed by atoms with Crippen LogP contribution in [0.15, 0.2) is 0 Å². The maximum atomic E-state index is 9.20. The van der Waals surface area contributed by atoms with Crippen molar-refractivity contribution in [2.45, 2.75) is 25.6 Å². The summed E-state index contributed by atoms with van der Waals surface area (Å²) in [6.45, 7) is 5.41. The summed E-state index contributed by atoms with van der Waals surface area (Å²) < 4.78 is 4.81. The van der Waals surface area contributed by atoms with E-state index in [1.165, 1.54) is 0 Å². The highest BCUT2D eigenvalue weighted by Crippen LogP contribution is 2.11. The number of aliphatic hydroxyl groups excluding tert-OH is 1. The van der Waals surface area contributed by atoms with Crippen molar-refractivity contribution in [2.75, 3.05) is 13.2 Å². The molecule has 0 aliphatic heterocycles. The topological polar surface area (TPSA) is 49.7 Å². The van der Waals surface area contributed by atoms with Crippen LogP contribution in [-0.4, -0.2) is 29.2 Å². The molecule has 0 bridgehead atoms. The minimum atomic E-state index is -1.31. The fourth-order valence-corrected chi connectivity index (χ4v) is 0.698. The molecule has 0 heterocycles. The van der Waals surface area contributed by atoms with E-state index in [0.717, 1.165) is 6.42 Å². The van der Waals surface area contributed by atoms with E-state index in [1.54, 1.807) is 0 Å². The van der Waals surface area contributed by atoms with E-state index in [0.29, 0.717) is 6.42 Å². The van der Waals surface area contributed by atoms with Gasteiger partial charge in [-0.05, 0) is 0 Å². The highest BCUT2D eigenvalue weighted by molar-refractivity contribution is 4.68. The van der Waals surface area contributed by atoms with Crippen LogP contribution in [0.1, 0.15) is 19.8 Å². The molecule has 0 fully saturated rings. The fraction of sp³-hybridized carbons (Fsp3) is 0.857. The molecule has 1 atom stereocenters. The molecule has 3 nitrogen and oxygen atoms in total. The zero-order valence-electron chi connectivity index (χ0n) is 6.34. The standard InChI is InChI=1S/C7H15O3/c1-3-4-7(2,9)10-6-5-8/h8-9H,2-6H2,1H3. The lowest BCUT2D eigenvalue weighted by atomic mass is 10.2. The van der Waals surface area contributed by atoms with Crippen LogP contribution in [0.25, 0.3) is 0 Å². The van der Waals surface area contributed by atoms with Crippen LogP contribution in [0.2, 0.25) is 0 Å². The normalized spacial score (nSPS) is 16.8. The summed E-state index contributed by atoms with van der Waals surface area (Å²) in [5, 5.41) is 17.5. The third-order valence-electron chi connectivity index (χ3n) is 1.10. The second kappa shape index (κ2) is 4.66. The van der Waals surface area contributed by atoms with Crippen molar-refractivity contribution < 1.29 is 14.9 Å². The highest BCUT2D eigenvalue weighted by atomic mass is 16.6. The quantitative estimate of drug-likeness (QED) is 0.550. The monoisotopic (exact) mass is 147 g/mol. The fourth-order valence-electron chi connectivity index (χ4n) is 0.698. The Balaban J connectivity index is 3.42. The molecule has 0 aromatic rings. The molecule has 10 heavy (non-hydrogen) atoms. The molecule has 1 radical (unpaired) electrons. The van der Waals surface area contributed by atoms with Crippen molar-refractivity contribution in [1.29, 1.82) is 0 Å². The average molecular weight is 147 g/mol. The highest BCUT2D eigenvalue weighted by Gasteiger charge is 2.18. The van der Waals surface area contributed by atoms with Gasteiger partial charge in [0, 0.05) is 13.3 Å². The molecule has 0 aromatic carbocycles. The van der Waals surface area contributed by atoms with Gasteiger partial charge in [0.25, 0.3) is 0 Å². The number of ether oxygens (including phenoxy) is 1. The summed E-state index contributed by atoms with van der Waals surface area (Å²) >= 11 is 0. The molecule has 2 N–H and O–H groups in total. The summed E-state index contributed by atoms with van der Waals surface area (Å²) in [5.41, 5.74) is 0. The Labute approximate surface area is 61.6 Å². The Morgan fingerprint density at radius 2 is 2.20 bits per heavy atom. The van der Waals surface area contributed by atoms with Crippen molar-refractivity contribution in [3.05, 3.63) is 6.92 Å². The van der Waals surface area contributed by atoms with Crippen molar-refractivity contribution >= 4 is 0 Å². The van der Waals surface area contributed by atoms with E-state index in [1.807, 2.05) is 6.92 Å².